The zero-order valence-corrected chi connectivity index (χ0v) is 9.54. The Morgan fingerprint density at radius 3 is 1.18 bits per heavy atom. The molecule has 7 heteroatoms. The van der Waals surface area contributed by atoms with E-state index in [-0.39, 0.29) is 36.3 Å². The van der Waals surface area contributed by atoms with Crippen LogP contribution >= 0.6 is 24.4 Å². The van der Waals surface area contributed by atoms with Crippen molar-refractivity contribution in [1.82, 2.24) is 0 Å². The molecule has 0 atom stereocenters. The molecule has 0 rings (SSSR count). The molecule has 0 aliphatic heterocycles. The second-order valence-corrected chi connectivity index (χ2v) is 1.85. The normalized spacial score (nSPS) is 6.00. The van der Waals surface area contributed by atoms with Gasteiger partial charge in [0, 0.05) is 0 Å². The molecule has 0 amide bonds. The first kappa shape index (κ1) is 17.3. The Labute approximate surface area is 95.7 Å². The second kappa shape index (κ2) is 12.8. The Bertz CT molecular complexity index is 117. The van der Waals surface area contributed by atoms with Crippen LogP contribution in [0, 0.1) is 0 Å². The number of nitrogens with two attached hydrogens (primary N) is 2. The summed E-state index contributed by atoms with van der Waals surface area (Å²) in [6.45, 7) is 0. The minimum atomic E-state index is 0. The first-order valence-electron chi connectivity index (χ1n) is 2.21. The molecule has 0 spiro atoms. The van der Waals surface area contributed by atoms with Crippen LogP contribution in [-0.2, 0) is 9.47 Å². The largest absolute Gasteiger partial charge is 2.00 e. The van der Waals surface area contributed by atoms with Gasteiger partial charge in [-0.05, 0) is 24.4 Å². The molecule has 4 N–H and O–H groups in total. The molecule has 0 heterocycles. The van der Waals surface area contributed by atoms with Crippen LogP contribution in [0.3, 0.4) is 0 Å². The van der Waals surface area contributed by atoms with Gasteiger partial charge in [0.05, 0.1) is 14.2 Å². The first-order chi connectivity index (χ1) is 4.54. The zero-order chi connectivity index (χ0) is 8.57. The van der Waals surface area contributed by atoms with E-state index in [9.17, 15) is 0 Å². The molecule has 0 radical (unpaired) electrons. The molecule has 0 aliphatic carbocycles. The molecular weight excluding hydrogens is 196 g/mol. The molecule has 0 aromatic carbocycles. The third-order valence-electron chi connectivity index (χ3n) is 0.402. The molecule has 11 heavy (non-hydrogen) atoms. The van der Waals surface area contributed by atoms with Crippen molar-refractivity contribution >= 4 is 57.8 Å². The van der Waals surface area contributed by atoms with E-state index in [0.717, 1.165) is 0 Å². The van der Waals surface area contributed by atoms with Crippen LogP contribution in [0.2, 0.25) is 0 Å². The minimum Gasteiger partial charge on any atom is -1.00 e. The van der Waals surface area contributed by atoms with Crippen LogP contribution in [0.1, 0.15) is 2.85 Å². The van der Waals surface area contributed by atoms with Gasteiger partial charge in [0.2, 0.25) is 0 Å². The SMILES string of the molecule is COC(N)=S.COC(N)=S.[H-].[H-].[Mg+2]. The van der Waals surface area contributed by atoms with Crippen molar-refractivity contribution in [2.45, 2.75) is 0 Å². The molecule has 0 fully saturated rings. The maximum atomic E-state index is 4.80. The Morgan fingerprint density at radius 1 is 1.09 bits per heavy atom. The third-order valence-corrected chi connectivity index (χ3v) is 0.736. The molecule has 64 valence electrons. The summed E-state index contributed by atoms with van der Waals surface area (Å²) in [6.07, 6.45) is 0. The van der Waals surface area contributed by atoms with E-state index in [1.54, 1.807) is 0 Å². The zero-order valence-electron chi connectivity index (χ0n) is 8.49. The van der Waals surface area contributed by atoms with E-state index in [1.807, 2.05) is 0 Å². The van der Waals surface area contributed by atoms with E-state index in [2.05, 4.69) is 33.9 Å². The van der Waals surface area contributed by atoms with Gasteiger partial charge in [-0.25, -0.2) is 0 Å². The van der Waals surface area contributed by atoms with Gasteiger partial charge in [-0.3, -0.25) is 0 Å². The Kier molecular flexibility index (Phi) is 20.1. The summed E-state index contributed by atoms with van der Waals surface area (Å²) in [5, 5.41) is 0.176. The average Bonchev–Trinajstić information content (AvgIpc) is 1.89. The van der Waals surface area contributed by atoms with Gasteiger partial charge in [-0.1, -0.05) is 0 Å². The molecule has 4 nitrogen and oxygen atoms in total. The van der Waals surface area contributed by atoms with Crippen molar-refractivity contribution in [1.29, 1.82) is 0 Å². The van der Waals surface area contributed by atoms with E-state index < -0.39 is 0 Å². The van der Waals surface area contributed by atoms with Gasteiger partial charge in [0.15, 0.2) is 0 Å². The number of rotatable bonds is 0. The maximum absolute atomic E-state index is 4.80. The second-order valence-electron chi connectivity index (χ2n) is 1.05. The minimum absolute atomic E-state index is 0. The van der Waals surface area contributed by atoms with Crippen LogP contribution in [0.15, 0.2) is 0 Å². The van der Waals surface area contributed by atoms with Crippen molar-refractivity contribution in [3.8, 4) is 0 Å². The Morgan fingerprint density at radius 2 is 1.18 bits per heavy atom. The van der Waals surface area contributed by atoms with Gasteiger partial charge in [0.1, 0.15) is 0 Å². The van der Waals surface area contributed by atoms with Crippen molar-refractivity contribution in [3.05, 3.63) is 0 Å². The fourth-order valence-corrected chi connectivity index (χ4v) is 0. The monoisotopic (exact) mass is 208 g/mol. The van der Waals surface area contributed by atoms with Crippen LogP contribution in [-0.4, -0.2) is 47.6 Å². The van der Waals surface area contributed by atoms with Gasteiger partial charge in [-0.2, -0.15) is 0 Å². The van der Waals surface area contributed by atoms with Crippen molar-refractivity contribution < 1.29 is 12.3 Å². The summed E-state index contributed by atoms with van der Waals surface area (Å²) in [7, 11) is 2.87. The number of ether oxygens (including phenoxy) is 2. The number of thiocarbonyl (C=S) groups is 2. The van der Waals surface area contributed by atoms with Crippen molar-refractivity contribution in [2.75, 3.05) is 14.2 Å². The predicted molar refractivity (Wildman–Crippen MR) is 55.6 cm³/mol. The first-order valence-corrected chi connectivity index (χ1v) is 3.03. The quantitative estimate of drug-likeness (QED) is 0.417. The van der Waals surface area contributed by atoms with Crippen LogP contribution < -0.4 is 11.5 Å². The summed E-state index contributed by atoms with van der Waals surface area (Å²) in [4.78, 5) is 0. The molecule has 0 bridgehead atoms. The molecule has 0 aromatic rings. The Hall–Kier alpha value is 0.146. The predicted octanol–water partition coefficient (Wildman–Crippen LogP) is -0.403. The fraction of sp³-hybridized carbons (Fsp3) is 0.500. The Balaban J connectivity index is -0.0000000267. The molecular formula is C4H12MgN2O2S2. The summed E-state index contributed by atoms with van der Waals surface area (Å²) in [5.41, 5.74) is 9.60. The summed E-state index contributed by atoms with van der Waals surface area (Å²) in [5.74, 6) is 0. The smallest absolute Gasteiger partial charge is 1.00 e. The summed E-state index contributed by atoms with van der Waals surface area (Å²) in [6, 6.07) is 0. The fourth-order valence-electron chi connectivity index (χ4n) is 0. The molecule has 0 aliphatic rings. The molecule has 0 aromatic heterocycles. The number of hydrogen-bond acceptors (Lipinski definition) is 4. The van der Waals surface area contributed by atoms with Gasteiger partial charge >= 0.3 is 23.1 Å². The maximum Gasteiger partial charge on any atom is 2.00 e. The molecule has 0 saturated carbocycles. The van der Waals surface area contributed by atoms with Crippen LogP contribution in [0.25, 0.3) is 0 Å². The van der Waals surface area contributed by atoms with Crippen molar-refractivity contribution in [3.63, 3.8) is 0 Å². The standard InChI is InChI=1S/2C2H5NOS.Mg.2H/c2*1-4-2(3)5;;;/h2*1H3,(H2,3,5);;;/q;;+2;2*-1. The van der Waals surface area contributed by atoms with Gasteiger partial charge < -0.3 is 23.8 Å². The van der Waals surface area contributed by atoms with E-state index >= 15 is 0 Å². The summed E-state index contributed by atoms with van der Waals surface area (Å²) < 4.78 is 8.52. The topological polar surface area (TPSA) is 70.5 Å². The van der Waals surface area contributed by atoms with Gasteiger partial charge in [0.25, 0.3) is 10.3 Å². The molecule has 0 saturated heterocycles. The van der Waals surface area contributed by atoms with E-state index in [1.165, 1.54) is 14.2 Å². The summed E-state index contributed by atoms with van der Waals surface area (Å²) >= 11 is 8.50. The third kappa shape index (κ3) is 39.2. The average molecular weight is 209 g/mol. The van der Waals surface area contributed by atoms with E-state index in [4.69, 9.17) is 11.5 Å². The van der Waals surface area contributed by atoms with Gasteiger partial charge in [-0.15, -0.1) is 0 Å². The van der Waals surface area contributed by atoms with Crippen LogP contribution in [0.4, 0.5) is 0 Å². The number of methoxy groups -OCH3 is 2. The van der Waals surface area contributed by atoms with E-state index in [0.29, 0.717) is 0 Å². The van der Waals surface area contributed by atoms with Crippen molar-refractivity contribution in [2.24, 2.45) is 11.5 Å². The number of hydrogen-bond donors (Lipinski definition) is 2. The van der Waals surface area contributed by atoms with Crippen LogP contribution in [0.5, 0.6) is 0 Å². The molecule has 0 unspecified atom stereocenters.